The van der Waals surface area contributed by atoms with Crippen LogP contribution >= 0.6 is 27.5 Å². The summed E-state index contributed by atoms with van der Waals surface area (Å²) in [6.45, 7) is 0. The fraction of sp³-hybridized carbons (Fsp3) is 0. The Kier molecular flexibility index (Phi) is 3.88. The molecule has 18 heavy (non-hydrogen) atoms. The summed E-state index contributed by atoms with van der Waals surface area (Å²) >= 11 is 8.68. The molecule has 4 nitrogen and oxygen atoms in total. The van der Waals surface area contributed by atoms with Gasteiger partial charge in [-0.2, -0.15) is 0 Å². The summed E-state index contributed by atoms with van der Waals surface area (Å²) in [4.78, 5) is 11.9. The van der Waals surface area contributed by atoms with Crippen LogP contribution in [0.3, 0.4) is 0 Å². The molecule has 0 spiro atoms. The van der Waals surface area contributed by atoms with E-state index in [1.165, 1.54) is 24.3 Å². The Hall–Kier alpha value is -1.53. The van der Waals surface area contributed by atoms with Crippen LogP contribution in [0.2, 0.25) is 5.15 Å². The molecule has 0 atom stereocenters. The average molecular weight is 331 g/mol. The van der Waals surface area contributed by atoms with E-state index in [4.69, 9.17) is 11.6 Å². The first-order chi connectivity index (χ1) is 8.58. The van der Waals surface area contributed by atoms with Gasteiger partial charge in [0, 0.05) is 4.47 Å². The predicted octanol–water partition coefficient (Wildman–Crippen LogP) is 3.28. The third kappa shape index (κ3) is 2.83. The first-order valence-electron chi connectivity index (χ1n) is 4.82. The number of hydrogen-bond acceptors (Lipinski definition) is 3. The molecular weight excluding hydrogens is 324 g/mol. The molecule has 2 rings (SSSR count). The third-order valence-corrected chi connectivity index (χ3v) is 2.93. The van der Waals surface area contributed by atoms with Gasteiger partial charge in [0.2, 0.25) is 0 Å². The highest BCUT2D eigenvalue weighted by Gasteiger charge is 2.15. The number of carbonyl (C=O) groups is 1. The summed E-state index contributed by atoms with van der Waals surface area (Å²) in [5.41, 5.74) is -0.0887. The van der Waals surface area contributed by atoms with Gasteiger partial charge in [0.15, 0.2) is 11.0 Å². The molecule has 1 heterocycles. The van der Waals surface area contributed by atoms with E-state index in [1.54, 1.807) is 6.07 Å². The molecule has 1 amide bonds. The summed E-state index contributed by atoms with van der Waals surface area (Å²) < 4.78 is 13.9. The summed E-state index contributed by atoms with van der Waals surface area (Å²) in [6.07, 6.45) is 0. The van der Waals surface area contributed by atoms with Crippen LogP contribution in [0.5, 0.6) is 0 Å². The largest absolute Gasteiger partial charge is 0.305 e. The van der Waals surface area contributed by atoms with Crippen LogP contribution in [0.15, 0.2) is 34.8 Å². The molecule has 7 heteroatoms. The smallest absolute Gasteiger partial charge is 0.260 e. The van der Waals surface area contributed by atoms with Crippen molar-refractivity contribution in [3.05, 3.63) is 51.3 Å². The van der Waals surface area contributed by atoms with Crippen LogP contribution in [-0.4, -0.2) is 16.1 Å². The molecule has 0 aliphatic carbocycles. The second-order valence-corrected chi connectivity index (χ2v) is 4.53. The van der Waals surface area contributed by atoms with Crippen molar-refractivity contribution in [2.75, 3.05) is 5.32 Å². The maximum absolute atomic E-state index is 13.5. The second-order valence-electron chi connectivity index (χ2n) is 3.29. The summed E-state index contributed by atoms with van der Waals surface area (Å²) in [7, 11) is 0. The average Bonchev–Trinajstić information content (AvgIpc) is 2.32. The van der Waals surface area contributed by atoms with E-state index in [0.717, 1.165) is 0 Å². The minimum absolute atomic E-state index is 0.0887. The number of benzene rings is 1. The van der Waals surface area contributed by atoms with Gasteiger partial charge < -0.3 is 5.32 Å². The van der Waals surface area contributed by atoms with Gasteiger partial charge in [-0.3, -0.25) is 4.79 Å². The van der Waals surface area contributed by atoms with Crippen molar-refractivity contribution >= 4 is 39.3 Å². The van der Waals surface area contributed by atoms with E-state index in [1.807, 2.05) is 0 Å². The first kappa shape index (κ1) is 12.9. The molecule has 0 radical (unpaired) electrons. The van der Waals surface area contributed by atoms with Gasteiger partial charge in [0.05, 0.1) is 5.56 Å². The van der Waals surface area contributed by atoms with Gasteiger partial charge >= 0.3 is 0 Å². The minimum atomic E-state index is -0.621. The number of carbonyl (C=O) groups excluding carboxylic acids is 1. The van der Waals surface area contributed by atoms with E-state index in [2.05, 4.69) is 31.4 Å². The first-order valence-corrected chi connectivity index (χ1v) is 5.99. The van der Waals surface area contributed by atoms with Gasteiger partial charge in [-0.1, -0.05) is 17.7 Å². The van der Waals surface area contributed by atoms with Crippen molar-refractivity contribution in [2.24, 2.45) is 0 Å². The minimum Gasteiger partial charge on any atom is -0.305 e. The lowest BCUT2D eigenvalue weighted by molar-refractivity contribution is 0.102. The van der Waals surface area contributed by atoms with Crippen molar-refractivity contribution in [1.82, 2.24) is 10.2 Å². The quantitative estimate of drug-likeness (QED) is 0.919. The van der Waals surface area contributed by atoms with E-state index in [-0.39, 0.29) is 16.5 Å². The highest BCUT2D eigenvalue weighted by Crippen LogP contribution is 2.20. The molecule has 1 aromatic heterocycles. The zero-order chi connectivity index (χ0) is 13.1. The summed E-state index contributed by atoms with van der Waals surface area (Å²) in [5, 5.41) is 9.85. The van der Waals surface area contributed by atoms with E-state index in [0.29, 0.717) is 4.47 Å². The zero-order valence-electron chi connectivity index (χ0n) is 8.82. The van der Waals surface area contributed by atoms with Crippen LogP contribution in [0.4, 0.5) is 10.2 Å². The second kappa shape index (κ2) is 5.41. The summed E-state index contributed by atoms with van der Waals surface area (Å²) in [6, 6.07) is 7.22. The van der Waals surface area contributed by atoms with Crippen LogP contribution in [0, 0.1) is 5.82 Å². The standard InChI is InChI=1S/C11H6BrClFN3O/c12-6-2-1-3-7(14)10(6)11(18)15-9-5-4-8(13)16-17-9/h1-5H,(H,15,17,18). The molecule has 0 aliphatic heterocycles. The van der Waals surface area contributed by atoms with E-state index < -0.39 is 11.7 Å². The molecule has 0 saturated carbocycles. The molecule has 1 aromatic carbocycles. The fourth-order valence-corrected chi connectivity index (χ4v) is 1.90. The van der Waals surface area contributed by atoms with Gasteiger partial charge in [-0.25, -0.2) is 4.39 Å². The van der Waals surface area contributed by atoms with E-state index in [9.17, 15) is 9.18 Å². The number of aromatic nitrogens is 2. The van der Waals surface area contributed by atoms with Crippen LogP contribution < -0.4 is 5.32 Å². The van der Waals surface area contributed by atoms with Crippen molar-refractivity contribution in [1.29, 1.82) is 0 Å². The molecule has 0 aliphatic rings. The topological polar surface area (TPSA) is 54.9 Å². The molecule has 92 valence electrons. The van der Waals surface area contributed by atoms with Crippen molar-refractivity contribution in [2.45, 2.75) is 0 Å². The van der Waals surface area contributed by atoms with Gasteiger partial charge in [0.25, 0.3) is 5.91 Å². The normalized spacial score (nSPS) is 10.2. The lowest BCUT2D eigenvalue weighted by Gasteiger charge is -2.06. The van der Waals surface area contributed by atoms with E-state index >= 15 is 0 Å². The predicted molar refractivity (Wildman–Crippen MR) is 69.1 cm³/mol. The van der Waals surface area contributed by atoms with Crippen LogP contribution in [0.25, 0.3) is 0 Å². The SMILES string of the molecule is O=C(Nc1ccc(Cl)nn1)c1c(F)cccc1Br. The van der Waals surface area contributed by atoms with Gasteiger partial charge in [-0.15, -0.1) is 10.2 Å². The number of halogens is 3. The third-order valence-electron chi connectivity index (χ3n) is 2.06. The Bertz CT molecular complexity index is 571. The molecular formula is C11H6BrClFN3O. The number of anilines is 1. The van der Waals surface area contributed by atoms with Gasteiger partial charge in [0.1, 0.15) is 5.82 Å². The van der Waals surface area contributed by atoms with Crippen molar-refractivity contribution in [3.8, 4) is 0 Å². The Morgan fingerprint density at radius 2 is 2.06 bits per heavy atom. The number of hydrogen-bond donors (Lipinski definition) is 1. The molecule has 0 fully saturated rings. The lowest BCUT2D eigenvalue weighted by atomic mass is 10.2. The van der Waals surface area contributed by atoms with Crippen molar-refractivity contribution < 1.29 is 9.18 Å². The molecule has 2 aromatic rings. The number of nitrogens with zero attached hydrogens (tertiary/aromatic N) is 2. The maximum atomic E-state index is 13.5. The Morgan fingerprint density at radius 3 is 2.67 bits per heavy atom. The fourth-order valence-electron chi connectivity index (χ4n) is 1.28. The highest BCUT2D eigenvalue weighted by atomic mass is 79.9. The van der Waals surface area contributed by atoms with Crippen LogP contribution in [-0.2, 0) is 0 Å². The Morgan fingerprint density at radius 1 is 1.28 bits per heavy atom. The Balaban J connectivity index is 2.25. The lowest BCUT2D eigenvalue weighted by Crippen LogP contribution is -2.15. The molecule has 1 N–H and O–H groups in total. The monoisotopic (exact) mass is 329 g/mol. The highest BCUT2D eigenvalue weighted by molar-refractivity contribution is 9.10. The Labute approximate surface area is 115 Å². The molecule has 0 bridgehead atoms. The number of amides is 1. The van der Waals surface area contributed by atoms with Crippen molar-refractivity contribution in [3.63, 3.8) is 0 Å². The van der Waals surface area contributed by atoms with Gasteiger partial charge in [-0.05, 0) is 40.2 Å². The zero-order valence-corrected chi connectivity index (χ0v) is 11.2. The number of rotatable bonds is 2. The van der Waals surface area contributed by atoms with Crippen LogP contribution in [0.1, 0.15) is 10.4 Å². The molecule has 0 saturated heterocycles. The molecule has 0 unspecified atom stereocenters. The number of nitrogens with one attached hydrogen (secondary N) is 1. The maximum Gasteiger partial charge on any atom is 0.260 e. The summed E-state index contributed by atoms with van der Waals surface area (Å²) in [5.74, 6) is -1.04.